The van der Waals surface area contributed by atoms with Crippen molar-refractivity contribution < 1.29 is 4.39 Å². The van der Waals surface area contributed by atoms with E-state index in [2.05, 4.69) is 5.10 Å². The van der Waals surface area contributed by atoms with Crippen LogP contribution in [-0.2, 0) is 6.42 Å². The van der Waals surface area contributed by atoms with E-state index in [-0.39, 0.29) is 11.4 Å². The maximum Gasteiger partial charge on any atom is 0.149 e. The molecule has 0 radical (unpaired) electrons. The molecule has 1 aromatic heterocycles. The number of rotatable bonds is 3. The van der Waals surface area contributed by atoms with E-state index in [1.165, 1.54) is 10.7 Å². The Kier molecular flexibility index (Phi) is 2.98. The van der Waals surface area contributed by atoms with Gasteiger partial charge in [0.15, 0.2) is 0 Å². The fraction of sp³-hybridized carbons (Fsp3) is 0.308. The Bertz CT molecular complexity index is 498. The van der Waals surface area contributed by atoms with Gasteiger partial charge in [-0.2, -0.15) is 5.10 Å². The van der Waals surface area contributed by atoms with E-state index in [0.717, 1.165) is 5.56 Å². The molecule has 0 fully saturated rings. The molecule has 0 amide bonds. The molecule has 0 saturated heterocycles. The number of nitrogens with two attached hydrogens (primary N) is 1. The van der Waals surface area contributed by atoms with Crippen molar-refractivity contribution in [2.75, 3.05) is 0 Å². The smallest absolute Gasteiger partial charge is 0.149 e. The third-order valence-electron chi connectivity index (χ3n) is 2.42. The molecule has 0 spiro atoms. The molecule has 0 aliphatic rings. The van der Waals surface area contributed by atoms with E-state index in [4.69, 9.17) is 5.73 Å². The highest BCUT2D eigenvalue weighted by Crippen LogP contribution is 2.17. The first-order chi connectivity index (χ1) is 7.96. The van der Waals surface area contributed by atoms with Gasteiger partial charge in [0.1, 0.15) is 11.5 Å². The van der Waals surface area contributed by atoms with Crippen LogP contribution in [0.4, 0.5) is 4.39 Å². The monoisotopic (exact) mass is 233 g/mol. The molecule has 3 nitrogen and oxygen atoms in total. The standard InChI is InChI=1S/C13H16FN3/c1-13(2,15)9-10-4-5-12(11(14)8-10)17-7-3-6-16-17/h3-8H,9,15H2,1-2H3. The van der Waals surface area contributed by atoms with Crippen molar-refractivity contribution in [3.63, 3.8) is 0 Å². The van der Waals surface area contributed by atoms with E-state index in [0.29, 0.717) is 12.1 Å². The first kappa shape index (κ1) is 11.8. The van der Waals surface area contributed by atoms with Gasteiger partial charge in [-0.25, -0.2) is 9.07 Å². The minimum atomic E-state index is -0.334. The summed E-state index contributed by atoms with van der Waals surface area (Å²) in [6, 6.07) is 6.89. The van der Waals surface area contributed by atoms with Crippen LogP contribution < -0.4 is 5.73 Å². The molecule has 0 aliphatic heterocycles. The van der Waals surface area contributed by atoms with Crippen LogP contribution in [0, 0.1) is 5.82 Å². The number of halogens is 1. The minimum absolute atomic E-state index is 0.282. The summed E-state index contributed by atoms with van der Waals surface area (Å²) < 4.78 is 15.4. The van der Waals surface area contributed by atoms with Crippen molar-refractivity contribution in [2.45, 2.75) is 25.8 Å². The molecule has 0 bridgehead atoms. The lowest BCUT2D eigenvalue weighted by atomic mass is 9.96. The molecule has 2 rings (SSSR count). The van der Waals surface area contributed by atoms with Crippen LogP contribution in [0.15, 0.2) is 36.7 Å². The van der Waals surface area contributed by atoms with Gasteiger partial charge in [-0.1, -0.05) is 6.07 Å². The van der Waals surface area contributed by atoms with Crippen molar-refractivity contribution in [1.29, 1.82) is 0 Å². The Labute approximate surface area is 100 Å². The predicted octanol–water partition coefficient (Wildman–Crippen LogP) is 2.29. The zero-order valence-corrected chi connectivity index (χ0v) is 10.0. The number of hydrogen-bond donors (Lipinski definition) is 1. The summed E-state index contributed by atoms with van der Waals surface area (Å²) in [5.74, 6) is -0.282. The summed E-state index contributed by atoms with van der Waals surface area (Å²) in [6.45, 7) is 3.85. The van der Waals surface area contributed by atoms with Crippen LogP contribution in [0.1, 0.15) is 19.4 Å². The van der Waals surface area contributed by atoms with Gasteiger partial charge < -0.3 is 5.73 Å². The lowest BCUT2D eigenvalue weighted by Crippen LogP contribution is -2.34. The highest BCUT2D eigenvalue weighted by molar-refractivity contribution is 5.36. The second-order valence-electron chi connectivity index (χ2n) is 4.90. The van der Waals surface area contributed by atoms with Crippen molar-refractivity contribution in [3.05, 3.63) is 48.0 Å². The first-order valence-corrected chi connectivity index (χ1v) is 5.53. The van der Waals surface area contributed by atoms with Gasteiger partial charge in [-0.3, -0.25) is 0 Å². The summed E-state index contributed by atoms with van der Waals surface area (Å²) in [4.78, 5) is 0. The molecule has 2 N–H and O–H groups in total. The molecule has 90 valence electrons. The van der Waals surface area contributed by atoms with Crippen LogP contribution >= 0.6 is 0 Å². The van der Waals surface area contributed by atoms with E-state index < -0.39 is 0 Å². The topological polar surface area (TPSA) is 43.8 Å². The van der Waals surface area contributed by atoms with Crippen LogP contribution in [0.3, 0.4) is 0 Å². The van der Waals surface area contributed by atoms with Gasteiger partial charge in [0.25, 0.3) is 0 Å². The average molecular weight is 233 g/mol. The number of hydrogen-bond acceptors (Lipinski definition) is 2. The van der Waals surface area contributed by atoms with Crippen molar-refractivity contribution in [2.24, 2.45) is 5.73 Å². The van der Waals surface area contributed by atoms with Crippen LogP contribution in [0.2, 0.25) is 0 Å². The van der Waals surface area contributed by atoms with Gasteiger partial charge in [-0.15, -0.1) is 0 Å². The summed E-state index contributed by atoms with van der Waals surface area (Å²) in [5.41, 5.74) is 6.92. The van der Waals surface area contributed by atoms with Crippen molar-refractivity contribution in [1.82, 2.24) is 9.78 Å². The van der Waals surface area contributed by atoms with Gasteiger partial charge >= 0.3 is 0 Å². The molecule has 2 aromatic rings. The summed E-state index contributed by atoms with van der Waals surface area (Å²) in [7, 11) is 0. The minimum Gasteiger partial charge on any atom is -0.325 e. The average Bonchev–Trinajstić information content (AvgIpc) is 2.68. The zero-order valence-electron chi connectivity index (χ0n) is 10.0. The summed E-state index contributed by atoms with van der Waals surface area (Å²) in [5, 5.41) is 4.00. The van der Waals surface area contributed by atoms with E-state index in [9.17, 15) is 4.39 Å². The Hall–Kier alpha value is -1.68. The lowest BCUT2D eigenvalue weighted by molar-refractivity contribution is 0.514. The molecular formula is C13H16FN3. The van der Waals surface area contributed by atoms with Crippen LogP contribution in [0.25, 0.3) is 5.69 Å². The molecule has 1 aromatic carbocycles. The molecule has 0 saturated carbocycles. The Balaban J connectivity index is 2.30. The Morgan fingerprint density at radius 2 is 2.18 bits per heavy atom. The molecule has 4 heteroatoms. The lowest BCUT2D eigenvalue weighted by Gasteiger charge is -2.18. The maximum absolute atomic E-state index is 13.9. The largest absolute Gasteiger partial charge is 0.325 e. The quantitative estimate of drug-likeness (QED) is 0.884. The van der Waals surface area contributed by atoms with Gasteiger partial charge in [0, 0.05) is 17.9 Å². The normalized spacial score (nSPS) is 11.8. The fourth-order valence-electron chi connectivity index (χ4n) is 1.78. The van der Waals surface area contributed by atoms with E-state index >= 15 is 0 Å². The van der Waals surface area contributed by atoms with Crippen LogP contribution in [-0.4, -0.2) is 15.3 Å². The Morgan fingerprint density at radius 1 is 1.41 bits per heavy atom. The highest BCUT2D eigenvalue weighted by Gasteiger charge is 2.13. The first-order valence-electron chi connectivity index (χ1n) is 5.53. The number of aromatic nitrogens is 2. The molecule has 0 atom stereocenters. The maximum atomic E-state index is 13.9. The molecule has 17 heavy (non-hydrogen) atoms. The van der Waals surface area contributed by atoms with Crippen LogP contribution in [0.5, 0.6) is 0 Å². The third-order valence-corrected chi connectivity index (χ3v) is 2.42. The van der Waals surface area contributed by atoms with Crippen molar-refractivity contribution >= 4 is 0 Å². The molecular weight excluding hydrogens is 217 g/mol. The SMILES string of the molecule is CC(C)(N)Cc1ccc(-n2cccn2)c(F)c1. The summed E-state index contributed by atoms with van der Waals surface area (Å²) >= 11 is 0. The molecule has 0 aliphatic carbocycles. The number of nitrogens with zero attached hydrogens (tertiary/aromatic N) is 2. The van der Waals surface area contributed by atoms with Crippen molar-refractivity contribution in [3.8, 4) is 5.69 Å². The predicted molar refractivity (Wildman–Crippen MR) is 65.5 cm³/mol. The van der Waals surface area contributed by atoms with Gasteiger partial charge in [0.05, 0.1) is 0 Å². The number of benzene rings is 1. The second kappa shape index (κ2) is 4.30. The molecule has 1 heterocycles. The van der Waals surface area contributed by atoms with E-state index in [1.54, 1.807) is 24.5 Å². The van der Waals surface area contributed by atoms with Gasteiger partial charge in [-0.05, 0) is 44.0 Å². The third kappa shape index (κ3) is 2.91. The summed E-state index contributed by atoms with van der Waals surface area (Å²) in [6.07, 6.45) is 3.98. The fourth-order valence-corrected chi connectivity index (χ4v) is 1.78. The zero-order chi connectivity index (χ0) is 12.5. The van der Waals surface area contributed by atoms with Gasteiger partial charge in [0.2, 0.25) is 0 Å². The molecule has 0 unspecified atom stereocenters. The van der Waals surface area contributed by atoms with E-state index in [1.807, 2.05) is 19.9 Å². The Morgan fingerprint density at radius 3 is 2.71 bits per heavy atom. The highest BCUT2D eigenvalue weighted by atomic mass is 19.1. The second-order valence-corrected chi connectivity index (χ2v) is 4.90.